The van der Waals surface area contributed by atoms with Crippen molar-refractivity contribution in [2.24, 2.45) is 0 Å². The van der Waals surface area contributed by atoms with Crippen LogP contribution in [-0.2, 0) is 6.54 Å². The van der Waals surface area contributed by atoms with E-state index in [1.807, 2.05) is 18.2 Å². The van der Waals surface area contributed by atoms with E-state index in [1.165, 1.54) is 12.1 Å². The molecule has 1 aliphatic heterocycles. The molecule has 1 N–H and O–H groups in total. The Morgan fingerprint density at radius 1 is 1.23 bits per heavy atom. The monoisotopic (exact) mass is 346 g/mol. The van der Waals surface area contributed by atoms with Crippen LogP contribution in [0.25, 0.3) is 22.6 Å². The number of aryl methyl sites for hydroxylation is 1. The average molecular weight is 346 g/mol. The van der Waals surface area contributed by atoms with Crippen molar-refractivity contribution in [2.45, 2.75) is 26.3 Å². The van der Waals surface area contributed by atoms with Gasteiger partial charge in [0.15, 0.2) is 0 Å². The van der Waals surface area contributed by atoms with Gasteiger partial charge >= 0.3 is 5.97 Å². The highest BCUT2D eigenvalue weighted by Gasteiger charge is 2.19. The van der Waals surface area contributed by atoms with Crippen molar-refractivity contribution in [1.82, 2.24) is 9.55 Å². The van der Waals surface area contributed by atoms with Gasteiger partial charge in [0.1, 0.15) is 5.82 Å². The maximum absolute atomic E-state index is 12.9. The summed E-state index contributed by atoms with van der Waals surface area (Å²) >= 11 is 0. The first-order valence-corrected chi connectivity index (χ1v) is 8.59. The third-order valence-electron chi connectivity index (χ3n) is 4.84. The Kier molecular flexibility index (Phi) is 3.92. The average Bonchev–Trinajstić information content (AvgIpc) is 2.64. The van der Waals surface area contributed by atoms with Crippen molar-refractivity contribution in [3.05, 3.63) is 75.3 Å². The largest absolute Gasteiger partial charge is 0.478 e. The van der Waals surface area contributed by atoms with Crippen molar-refractivity contribution < 1.29 is 9.90 Å². The Bertz CT molecular complexity index is 1130. The van der Waals surface area contributed by atoms with Gasteiger partial charge in [0, 0.05) is 6.54 Å². The number of allylic oxidation sites excluding steroid dienone is 1. The van der Waals surface area contributed by atoms with Crippen molar-refractivity contribution in [1.29, 1.82) is 0 Å². The van der Waals surface area contributed by atoms with Crippen LogP contribution < -0.4 is 5.56 Å². The van der Waals surface area contributed by atoms with Gasteiger partial charge in [-0.2, -0.15) is 0 Å². The van der Waals surface area contributed by atoms with Crippen LogP contribution in [0.1, 0.15) is 40.2 Å². The minimum atomic E-state index is -1.03. The summed E-state index contributed by atoms with van der Waals surface area (Å²) in [7, 11) is 0. The van der Waals surface area contributed by atoms with Gasteiger partial charge in [-0.05, 0) is 60.7 Å². The molecule has 1 aliphatic rings. The quantitative estimate of drug-likeness (QED) is 0.767. The SMILES string of the molecule is Cc1ccccc1/C=C1\CCCn2c1nc1cc(C(=O)O)ccc1c2=O. The van der Waals surface area contributed by atoms with Gasteiger partial charge in [0.05, 0.1) is 16.5 Å². The second kappa shape index (κ2) is 6.26. The summed E-state index contributed by atoms with van der Waals surface area (Å²) in [5.41, 5.74) is 3.72. The predicted molar refractivity (Wildman–Crippen MR) is 101 cm³/mol. The normalized spacial score (nSPS) is 15.2. The van der Waals surface area contributed by atoms with Gasteiger partial charge < -0.3 is 5.11 Å². The van der Waals surface area contributed by atoms with E-state index < -0.39 is 5.97 Å². The summed E-state index contributed by atoms with van der Waals surface area (Å²) in [5, 5.41) is 9.66. The summed E-state index contributed by atoms with van der Waals surface area (Å²) in [6.45, 7) is 2.68. The fraction of sp³-hybridized carbons (Fsp3) is 0.190. The molecule has 5 nitrogen and oxygen atoms in total. The number of nitrogens with zero attached hydrogens (tertiary/aromatic N) is 2. The minimum Gasteiger partial charge on any atom is -0.478 e. The molecule has 0 spiro atoms. The molecule has 0 saturated carbocycles. The second-order valence-electron chi connectivity index (χ2n) is 6.56. The van der Waals surface area contributed by atoms with Gasteiger partial charge in [-0.1, -0.05) is 24.3 Å². The molecule has 0 aliphatic carbocycles. The van der Waals surface area contributed by atoms with E-state index in [4.69, 9.17) is 0 Å². The molecule has 0 unspecified atom stereocenters. The van der Waals surface area contributed by atoms with Gasteiger partial charge in [0.25, 0.3) is 5.56 Å². The summed E-state index contributed by atoms with van der Waals surface area (Å²) in [6.07, 6.45) is 3.80. The number of aromatic nitrogens is 2. The molecule has 0 amide bonds. The van der Waals surface area contributed by atoms with Crippen LogP contribution in [0.5, 0.6) is 0 Å². The molecule has 0 fully saturated rings. The Morgan fingerprint density at radius 3 is 2.81 bits per heavy atom. The molecular formula is C21H18N2O3. The number of fused-ring (bicyclic) bond motifs is 2. The number of carboxylic acids is 1. The molecule has 0 saturated heterocycles. The summed E-state index contributed by atoms with van der Waals surface area (Å²) in [5.74, 6) is -0.387. The Balaban J connectivity index is 1.95. The lowest BCUT2D eigenvalue weighted by molar-refractivity contribution is 0.0697. The molecule has 2 aromatic carbocycles. The number of carboxylic acid groups (broad SMARTS) is 1. The minimum absolute atomic E-state index is 0.114. The smallest absolute Gasteiger partial charge is 0.335 e. The second-order valence-corrected chi connectivity index (χ2v) is 6.56. The van der Waals surface area contributed by atoms with E-state index >= 15 is 0 Å². The highest BCUT2D eigenvalue weighted by molar-refractivity contribution is 5.93. The first kappa shape index (κ1) is 16.3. The van der Waals surface area contributed by atoms with Crippen LogP contribution in [0, 0.1) is 6.92 Å². The number of hydrogen-bond acceptors (Lipinski definition) is 3. The third-order valence-corrected chi connectivity index (χ3v) is 4.84. The van der Waals surface area contributed by atoms with Crippen LogP contribution in [0.4, 0.5) is 0 Å². The summed E-state index contributed by atoms with van der Waals surface area (Å²) < 4.78 is 1.70. The number of hydrogen-bond donors (Lipinski definition) is 1. The zero-order chi connectivity index (χ0) is 18.3. The van der Waals surface area contributed by atoms with E-state index in [0.29, 0.717) is 23.3 Å². The first-order valence-electron chi connectivity index (χ1n) is 8.59. The van der Waals surface area contributed by atoms with E-state index in [9.17, 15) is 14.7 Å². The van der Waals surface area contributed by atoms with E-state index in [-0.39, 0.29) is 11.1 Å². The molecule has 3 aromatic rings. The Morgan fingerprint density at radius 2 is 2.04 bits per heavy atom. The topological polar surface area (TPSA) is 72.2 Å². The molecule has 0 radical (unpaired) electrons. The molecule has 26 heavy (non-hydrogen) atoms. The van der Waals surface area contributed by atoms with Crippen LogP contribution in [0.2, 0.25) is 0 Å². The molecular weight excluding hydrogens is 328 g/mol. The number of carbonyl (C=O) groups is 1. The molecule has 5 heteroatoms. The maximum atomic E-state index is 12.9. The highest BCUT2D eigenvalue weighted by atomic mass is 16.4. The number of rotatable bonds is 2. The van der Waals surface area contributed by atoms with Crippen LogP contribution >= 0.6 is 0 Å². The predicted octanol–water partition coefficient (Wildman–Crippen LogP) is 3.74. The Hall–Kier alpha value is -3.21. The van der Waals surface area contributed by atoms with Gasteiger partial charge in [-0.3, -0.25) is 9.36 Å². The molecule has 0 atom stereocenters. The van der Waals surface area contributed by atoms with E-state index in [0.717, 1.165) is 29.5 Å². The van der Waals surface area contributed by atoms with E-state index in [2.05, 4.69) is 24.1 Å². The highest BCUT2D eigenvalue weighted by Crippen LogP contribution is 2.28. The third kappa shape index (κ3) is 2.71. The van der Waals surface area contributed by atoms with Crippen molar-refractivity contribution in [2.75, 3.05) is 0 Å². The number of aromatic carboxylic acids is 1. The molecule has 1 aromatic heterocycles. The zero-order valence-electron chi connectivity index (χ0n) is 14.4. The lowest BCUT2D eigenvalue weighted by Crippen LogP contribution is -2.28. The van der Waals surface area contributed by atoms with Crippen LogP contribution in [-0.4, -0.2) is 20.6 Å². The van der Waals surface area contributed by atoms with E-state index in [1.54, 1.807) is 10.6 Å². The van der Waals surface area contributed by atoms with Gasteiger partial charge in [-0.15, -0.1) is 0 Å². The summed E-state index contributed by atoms with van der Waals surface area (Å²) in [6, 6.07) is 12.6. The molecule has 2 heterocycles. The fourth-order valence-corrected chi connectivity index (χ4v) is 3.42. The molecule has 4 rings (SSSR count). The van der Waals surface area contributed by atoms with Crippen molar-refractivity contribution >= 4 is 28.5 Å². The first-order chi connectivity index (χ1) is 12.5. The maximum Gasteiger partial charge on any atom is 0.335 e. The van der Waals surface area contributed by atoms with Gasteiger partial charge in [0.2, 0.25) is 0 Å². The molecule has 130 valence electrons. The lowest BCUT2D eigenvalue weighted by Gasteiger charge is -2.21. The molecule has 0 bridgehead atoms. The zero-order valence-corrected chi connectivity index (χ0v) is 14.4. The van der Waals surface area contributed by atoms with Crippen molar-refractivity contribution in [3.63, 3.8) is 0 Å². The van der Waals surface area contributed by atoms with Gasteiger partial charge in [-0.25, -0.2) is 9.78 Å². The Labute approximate surface area is 150 Å². The lowest BCUT2D eigenvalue weighted by atomic mass is 9.99. The van der Waals surface area contributed by atoms with Crippen molar-refractivity contribution in [3.8, 4) is 0 Å². The van der Waals surface area contributed by atoms with Crippen LogP contribution in [0.3, 0.4) is 0 Å². The standard InChI is InChI=1S/C21H18N2O3/c1-13-5-2-3-6-14(13)11-15-7-4-10-23-19(15)22-18-12-16(21(25)26)8-9-17(18)20(23)24/h2-3,5-6,8-9,11-12H,4,7,10H2,1H3,(H,25,26)/b15-11+. The summed E-state index contributed by atoms with van der Waals surface area (Å²) in [4.78, 5) is 28.8. The van der Waals surface area contributed by atoms with Crippen LogP contribution in [0.15, 0.2) is 47.3 Å². The fourth-order valence-electron chi connectivity index (χ4n) is 3.42. The number of benzene rings is 2.